The third-order valence-electron chi connectivity index (χ3n) is 27.6. The highest BCUT2D eigenvalue weighted by molar-refractivity contribution is 4.99. The Labute approximate surface area is 456 Å². The van der Waals surface area contributed by atoms with E-state index in [4.69, 9.17) is 4.74 Å². The molecule has 10 rings (SSSR count). The Kier molecular flexibility index (Phi) is 21.1. The molecule has 9 saturated carbocycles. The normalized spacial score (nSPS) is 44.3. The van der Waals surface area contributed by atoms with Crippen molar-refractivity contribution in [2.75, 3.05) is 0 Å². The first-order valence-corrected chi connectivity index (χ1v) is 35.4. The van der Waals surface area contributed by atoms with Gasteiger partial charge in [0.2, 0.25) is 0 Å². The lowest BCUT2D eigenvalue weighted by Crippen LogP contribution is -2.41. The fourth-order valence-electron chi connectivity index (χ4n) is 23.1. The molecule has 0 amide bonds. The van der Waals surface area contributed by atoms with Gasteiger partial charge in [0.1, 0.15) is 0 Å². The summed E-state index contributed by atoms with van der Waals surface area (Å²) in [4.78, 5) is 0. The number of hydrogen-bond acceptors (Lipinski definition) is 1. The first-order valence-electron chi connectivity index (χ1n) is 35.4. The van der Waals surface area contributed by atoms with Gasteiger partial charge in [-0.25, -0.2) is 0 Å². The van der Waals surface area contributed by atoms with Gasteiger partial charge in [-0.15, -0.1) is 0 Å². The summed E-state index contributed by atoms with van der Waals surface area (Å²) in [5, 5.41) is 0. The van der Waals surface area contributed by atoms with Crippen molar-refractivity contribution < 1.29 is 4.74 Å². The van der Waals surface area contributed by atoms with Gasteiger partial charge in [-0.1, -0.05) is 196 Å². The summed E-state index contributed by atoms with van der Waals surface area (Å²) in [6.07, 6.45) is 65.5. The van der Waals surface area contributed by atoms with Gasteiger partial charge in [-0.05, 0) is 246 Å². The van der Waals surface area contributed by atoms with Crippen LogP contribution in [0, 0.1) is 130 Å². The summed E-state index contributed by atoms with van der Waals surface area (Å²) in [5.41, 5.74) is 0. The summed E-state index contributed by atoms with van der Waals surface area (Å²) < 4.78 is 7.14. The minimum absolute atomic E-state index is 0.548. The zero-order valence-corrected chi connectivity index (χ0v) is 50.0. The van der Waals surface area contributed by atoms with Crippen LogP contribution in [0.3, 0.4) is 0 Å². The third kappa shape index (κ3) is 13.6. The molecule has 1 aliphatic heterocycles. The van der Waals surface area contributed by atoms with Crippen molar-refractivity contribution in [3.8, 4) is 0 Å². The zero-order chi connectivity index (χ0) is 50.3. The molecule has 0 aromatic heterocycles. The van der Waals surface area contributed by atoms with Crippen molar-refractivity contribution in [2.45, 2.75) is 323 Å². The quantitative estimate of drug-likeness (QED) is 0.125. The highest BCUT2D eigenvalue weighted by Crippen LogP contribution is 2.56. The molecule has 1 heteroatoms. The molecule has 1 heterocycles. The number of unbranched alkanes of at least 4 members (excludes halogenated alkanes) is 1. The molecule has 1 saturated heterocycles. The van der Waals surface area contributed by atoms with Gasteiger partial charge in [-0.3, -0.25) is 0 Å². The lowest BCUT2D eigenvalue weighted by Gasteiger charge is -2.49. The third-order valence-corrected chi connectivity index (χ3v) is 27.6. The van der Waals surface area contributed by atoms with Gasteiger partial charge in [0.05, 0.1) is 12.2 Å². The second kappa shape index (κ2) is 27.4. The molecule has 0 aromatic rings. The van der Waals surface area contributed by atoms with E-state index in [0.29, 0.717) is 12.2 Å². The van der Waals surface area contributed by atoms with Crippen LogP contribution >= 0.6 is 0 Å². The number of fused-ring (bicyclic) bond motifs is 1. The molecule has 10 aliphatic rings. The summed E-state index contributed by atoms with van der Waals surface area (Å²) in [6, 6.07) is 0. The second-order valence-electron chi connectivity index (χ2n) is 30.9. The van der Waals surface area contributed by atoms with Crippen molar-refractivity contribution in [1.82, 2.24) is 0 Å². The molecular formula is C72H126O. The van der Waals surface area contributed by atoms with Crippen LogP contribution in [0.1, 0.15) is 311 Å². The predicted octanol–water partition coefficient (Wildman–Crippen LogP) is 21.9. The Bertz CT molecular complexity index is 1550. The smallest absolute Gasteiger partial charge is 0.0641 e. The Morgan fingerprint density at radius 2 is 0.932 bits per heavy atom. The van der Waals surface area contributed by atoms with Crippen molar-refractivity contribution in [3.05, 3.63) is 0 Å². The summed E-state index contributed by atoms with van der Waals surface area (Å²) in [5.74, 6) is 21.9. The average Bonchev–Trinajstić information content (AvgIpc) is 4.11. The topological polar surface area (TPSA) is 9.23 Å². The highest BCUT2D eigenvalue weighted by atomic mass is 16.5. The van der Waals surface area contributed by atoms with Gasteiger partial charge < -0.3 is 4.74 Å². The van der Waals surface area contributed by atoms with Crippen LogP contribution in [-0.2, 0) is 4.74 Å². The van der Waals surface area contributed by atoms with Crippen LogP contribution in [0.5, 0.6) is 0 Å². The lowest BCUT2D eigenvalue weighted by molar-refractivity contribution is -0.0496. The van der Waals surface area contributed by atoms with E-state index in [1.54, 1.807) is 154 Å². The molecule has 0 radical (unpaired) electrons. The van der Waals surface area contributed by atoms with Crippen LogP contribution in [0.2, 0.25) is 0 Å². The van der Waals surface area contributed by atoms with E-state index in [1.807, 2.05) is 0 Å². The van der Waals surface area contributed by atoms with Gasteiger partial charge in [0.25, 0.3) is 0 Å². The Balaban J connectivity index is 0.758. The molecule has 9 aliphatic carbocycles. The summed E-state index contributed by atoms with van der Waals surface area (Å²) in [6.45, 7) is 16.0. The average molecular weight is 1010 g/mol. The van der Waals surface area contributed by atoms with Crippen molar-refractivity contribution >= 4 is 0 Å². The molecule has 420 valence electrons. The first-order chi connectivity index (χ1) is 35.8. The second-order valence-corrected chi connectivity index (χ2v) is 30.9. The SMILES string of the molecule is CCCCC1OC2C(C3CCC(C(C)[C@@H](CC(CC)CCC(C)C4CCCC(C5CCC[C@@H](C6CCCCC6C6CCCC6)C5C)C4)C4CCC(C5CCCC(C6CCCCC6)C5)CC4)CC3)CCCC2C1C. The van der Waals surface area contributed by atoms with E-state index in [0.717, 1.165) is 130 Å². The van der Waals surface area contributed by atoms with Gasteiger partial charge in [0.15, 0.2) is 0 Å². The molecule has 0 spiro atoms. The molecule has 0 N–H and O–H groups in total. The van der Waals surface area contributed by atoms with E-state index < -0.39 is 0 Å². The molecule has 73 heavy (non-hydrogen) atoms. The standard InChI is InChI=1S/C72H126O/c1-7-9-35-71-52(6)66-33-20-34-68(72(66)73-71)58-42-38-54(39-43-58)50(4)70(59-44-40-56(41-45-59)62-27-18-26-61(48-62)55-21-11-10-12-22-55)46-53(8-2)37-36-49(3)60-25-17-28-63(47-60)64-31-19-32-65(51(64)5)69-30-16-15-29-67(69)57-23-13-14-24-57/h49-72H,7-48H2,1-6H3/t49?,50?,51?,52?,53?,54?,56?,58?,59?,60?,61?,62?,63?,64?,65-,66?,67?,68?,69?,70-,71?,72?/m1/s1. The monoisotopic (exact) mass is 1010 g/mol. The van der Waals surface area contributed by atoms with Gasteiger partial charge >= 0.3 is 0 Å². The zero-order valence-electron chi connectivity index (χ0n) is 50.0. The molecule has 0 bridgehead atoms. The maximum absolute atomic E-state index is 7.14. The minimum Gasteiger partial charge on any atom is -0.374 e. The van der Waals surface area contributed by atoms with Crippen LogP contribution in [0.4, 0.5) is 0 Å². The predicted molar refractivity (Wildman–Crippen MR) is 313 cm³/mol. The number of hydrogen-bond donors (Lipinski definition) is 0. The van der Waals surface area contributed by atoms with Crippen LogP contribution in [0.25, 0.3) is 0 Å². The van der Waals surface area contributed by atoms with Gasteiger partial charge in [0, 0.05) is 0 Å². The maximum atomic E-state index is 7.14. The molecule has 0 aromatic carbocycles. The number of ether oxygens (including phenoxy) is 1. The molecule has 1 nitrogen and oxygen atoms in total. The number of rotatable bonds is 19. The van der Waals surface area contributed by atoms with Gasteiger partial charge in [-0.2, -0.15) is 0 Å². The largest absolute Gasteiger partial charge is 0.374 e. The first kappa shape index (κ1) is 56.2. The molecule has 10 fully saturated rings. The van der Waals surface area contributed by atoms with Crippen LogP contribution < -0.4 is 0 Å². The Hall–Kier alpha value is -0.0400. The van der Waals surface area contributed by atoms with Crippen LogP contribution in [-0.4, -0.2) is 12.2 Å². The minimum atomic E-state index is 0.548. The van der Waals surface area contributed by atoms with Crippen molar-refractivity contribution in [2.24, 2.45) is 130 Å². The summed E-state index contributed by atoms with van der Waals surface area (Å²) in [7, 11) is 0. The van der Waals surface area contributed by atoms with E-state index >= 15 is 0 Å². The highest BCUT2D eigenvalue weighted by Gasteiger charge is 2.50. The lowest BCUT2D eigenvalue weighted by atomic mass is 9.56. The van der Waals surface area contributed by atoms with E-state index in [2.05, 4.69) is 41.5 Å². The van der Waals surface area contributed by atoms with Crippen molar-refractivity contribution in [1.29, 1.82) is 0 Å². The molecule has 18 atom stereocenters. The Morgan fingerprint density at radius 1 is 0.397 bits per heavy atom. The maximum Gasteiger partial charge on any atom is 0.0641 e. The van der Waals surface area contributed by atoms with E-state index in [-0.39, 0.29) is 0 Å². The Morgan fingerprint density at radius 3 is 1.66 bits per heavy atom. The fourth-order valence-corrected chi connectivity index (χ4v) is 23.1. The summed E-state index contributed by atoms with van der Waals surface area (Å²) >= 11 is 0. The van der Waals surface area contributed by atoms with E-state index in [1.165, 1.54) is 116 Å². The van der Waals surface area contributed by atoms with Crippen LogP contribution in [0.15, 0.2) is 0 Å². The van der Waals surface area contributed by atoms with Crippen molar-refractivity contribution in [3.63, 3.8) is 0 Å². The molecular weight excluding hydrogens is 881 g/mol. The van der Waals surface area contributed by atoms with E-state index in [9.17, 15) is 0 Å². The molecule has 16 unspecified atom stereocenters. The fraction of sp³-hybridized carbons (Fsp3) is 1.00.